The number of H-pyrrole nitrogens is 1. The molecule has 1 aliphatic carbocycles. The van der Waals surface area contributed by atoms with E-state index in [0.717, 1.165) is 22.3 Å². The van der Waals surface area contributed by atoms with Crippen LogP contribution in [-0.4, -0.2) is 23.0 Å². The molecule has 1 fully saturated rings. The molecule has 0 spiro atoms. The maximum absolute atomic E-state index is 14.6. The number of rotatable bonds is 7. The average molecular weight is 536 g/mol. The van der Waals surface area contributed by atoms with Crippen LogP contribution in [-0.2, 0) is 5.92 Å². The highest BCUT2D eigenvalue weighted by Crippen LogP contribution is 2.50. The van der Waals surface area contributed by atoms with E-state index in [4.69, 9.17) is 16.3 Å². The van der Waals surface area contributed by atoms with Gasteiger partial charge in [0.25, 0.3) is 11.8 Å². The van der Waals surface area contributed by atoms with Gasteiger partial charge in [0.15, 0.2) is 0 Å². The number of nitrogens with one attached hydrogen (secondary N) is 2. The molecule has 0 unspecified atom stereocenters. The van der Waals surface area contributed by atoms with Gasteiger partial charge in [-0.25, -0.2) is 13.8 Å². The van der Waals surface area contributed by atoms with E-state index in [0.29, 0.717) is 40.7 Å². The zero-order valence-corrected chi connectivity index (χ0v) is 22.3. The fourth-order valence-corrected chi connectivity index (χ4v) is 5.07. The summed E-state index contributed by atoms with van der Waals surface area (Å²) in [5.41, 5.74) is 5.54. The number of benzene rings is 3. The Morgan fingerprint density at radius 2 is 1.74 bits per heavy atom. The minimum absolute atomic E-state index is 0.0960. The molecule has 1 aliphatic rings. The average Bonchev–Trinajstić information content (AvgIpc) is 3.67. The standard InChI is InChI=1S/C30H28ClF2N3O2/c1-16-7-5-8-17(2)26(16)23-14-22(24(31)15-25(23)38-4)28-34-18(3)27(36-28)29(37)35-21-10-6-9-20(13-21)30(32,33)19-11-12-19/h5-10,13-15,19H,11-12H2,1-4H3,(H,34,36)(H,35,37). The molecule has 3 aromatic carbocycles. The summed E-state index contributed by atoms with van der Waals surface area (Å²) in [6.45, 7) is 5.79. The number of alkyl halides is 2. The van der Waals surface area contributed by atoms with Gasteiger partial charge in [0.1, 0.15) is 17.3 Å². The van der Waals surface area contributed by atoms with Crippen LogP contribution in [0.1, 0.15) is 45.7 Å². The van der Waals surface area contributed by atoms with Gasteiger partial charge in [0.05, 0.1) is 12.1 Å². The highest BCUT2D eigenvalue weighted by Gasteiger charge is 2.48. The molecule has 0 saturated heterocycles. The Hall–Kier alpha value is -3.71. The summed E-state index contributed by atoms with van der Waals surface area (Å²) in [5, 5.41) is 3.12. The first-order chi connectivity index (χ1) is 18.1. The first-order valence-electron chi connectivity index (χ1n) is 12.4. The molecular weight excluding hydrogens is 508 g/mol. The fourth-order valence-electron chi connectivity index (χ4n) is 4.83. The van der Waals surface area contributed by atoms with E-state index in [1.54, 1.807) is 26.2 Å². The van der Waals surface area contributed by atoms with Gasteiger partial charge in [-0.2, -0.15) is 0 Å². The predicted molar refractivity (Wildman–Crippen MR) is 146 cm³/mol. The number of aromatic nitrogens is 2. The topological polar surface area (TPSA) is 67.0 Å². The lowest BCUT2D eigenvalue weighted by Gasteiger charge is -2.17. The van der Waals surface area contributed by atoms with E-state index in [9.17, 15) is 13.6 Å². The monoisotopic (exact) mass is 535 g/mol. The Bertz CT molecular complexity index is 1520. The molecular formula is C30H28ClF2N3O2. The van der Waals surface area contributed by atoms with Crippen molar-refractivity contribution in [2.45, 2.75) is 39.5 Å². The molecule has 5 rings (SSSR count). The van der Waals surface area contributed by atoms with Crippen LogP contribution in [0.5, 0.6) is 5.75 Å². The Morgan fingerprint density at radius 3 is 2.39 bits per heavy atom. The lowest BCUT2D eigenvalue weighted by atomic mass is 9.93. The second-order valence-corrected chi connectivity index (χ2v) is 10.2. The summed E-state index contributed by atoms with van der Waals surface area (Å²) in [5.74, 6) is -3.00. The van der Waals surface area contributed by atoms with Crippen LogP contribution in [0.4, 0.5) is 14.5 Å². The number of aryl methyl sites for hydroxylation is 3. The van der Waals surface area contributed by atoms with Crippen molar-refractivity contribution in [3.8, 4) is 28.3 Å². The van der Waals surface area contributed by atoms with Crippen LogP contribution in [0, 0.1) is 26.7 Å². The van der Waals surface area contributed by atoms with Crippen molar-refractivity contribution in [3.63, 3.8) is 0 Å². The van der Waals surface area contributed by atoms with Gasteiger partial charge in [-0.1, -0.05) is 41.9 Å². The van der Waals surface area contributed by atoms with Crippen molar-refractivity contribution in [2.75, 3.05) is 12.4 Å². The van der Waals surface area contributed by atoms with Crippen LogP contribution in [0.3, 0.4) is 0 Å². The lowest BCUT2D eigenvalue weighted by Crippen LogP contribution is -2.18. The number of carbonyl (C=O) groups is 1. The molecule has 0 bridgehead atoms. The molecule has 1 saturated carbocycles. The largest absolute Gasteiger partial charge is 0.496 e. The second-order valence-electron chi connectivity index (χ2n) is 9.79. The zero-order valence-electron chi connectivity index (χ0n) is 21.6. The summed E-state index contributed by atoms with van der Waals surface area (Å²) >= 11 is 6.63. The highest BCUT2D eigenvalue weighted by atomic mass is 35.5. The summed E-state index contributed by atoms with van der Waals surface area (Å²) in [7, 11) is 1.59. The van der Waals surface area contributed by atoms with Gasteiger partial charge in [0, 0.05) is 40.1 Å². The van der Waals surface area contributed by atoms with Crippen LogP contribution in [0.25, 0.3) is 22.5 Å². The summed E-state index contributed by atoms with van der Waals surface area (Å²) in [4.78, 5) is 20.8. The highest BCUT2D eigenvalue weighted by molar-refractivity contribution is 6.33. The van der Waals surface area contributed by atoms with Gasteiger partial charge >= 0.3 is 0 Å². The third kappa shape index (κ3) is 4.78. The first kappa shape index (κ1) is 25.9. The van der Waals surface area contributed by atoms with Gasteiger partial charge in [-0.05, 0) is 68.5 Å². The number of methoxy groups -OCH3 is 1. The quantitative estimate of drug-likeness (QED) is 0.251. The van der Waals surface area contributed by atoms with E-state index in [2.05, 4.69) is 15.3 Å². The van der Waals surface area contributed by atoms with Crippen LogP contribution < -0.4 is 10.1 Å². The van der Waals surface area contributed by atoms with Gasteiger partial charge in [-0.15, -0.1) is 0 Å². The normalized spacial score (nSPS) is 13.4. The van der Waals surface area contributed by atoms with E-state index in [-0.39, 0.29) is 16.9 Å². The summed E-state index contributed by atoms with van der Waals surface area (Å²) in [6.07, 6.45) is 1.02. The van der Waals surface area contributed by atoms with E-state index >= 15 is 0 Å². The van der Waals surface area contributed by atoms with Gasteiger partial charge in [-0.3, -0.25) is 4.79 Å². The summed E-state index contributed by atoms with van der Waals surface area (Å²) < 4.78 is 34.8. The minimum Gasteiger partial charge on any atom is -0.496 e. The minimum atomic E-state index is -2.91. The van der Waals surface area contributed by atoms with Crippen molar-refractivity contribution in [2.24, 2.45) is 5.92 Å². The molecule has 38 heavy (non-hydrogen) atoms. The van der Waals surface area contributed by atoms with Gasteiger partial charge in [0.2, 0.25) is 0 Å². The van der Waals surface area contributed by atoms with E-state index in [1.165, 1.54) is 18.2 Å². The zero-order chi connectivity index (χ0) is 27.2. The number of amides is 1. The van der Waals surface area contributed by atoms with Crippen LogP contribution in [0.2, 0.25) is 5.02 Å². The summed E-state index contributed by atoms with van der Waals surface area (Å²) in [6, 6.07) is 15.5. The molecule has 4 aromatic rings. The van der Waals surface area contributed by atoms with Crippen LogP contribution in [0.15, 0.2) is 54.6 Å². The van der Waals surface area contributed by atoms with Crippen molar-refractivity contribution < 1.29 is 18.3 Å². The van der Waals surface area contributed by atoms with Crippen molar-refractivity contribution >= 4 is 23.2 Å². The van der Waals surface area contributed by atoms with E-state index < -0.39 is 17.7 Å². The SMILES string of the molecule is COc1cc(Cl)c(-c2nc(C(=O)Nc3cccc(C(F)(F)C4CC4)c3)c(C)[nH]2)cc1-c1c(C)cccc1C. The Kier molecular flexibility index (Phi) is 6.73. The molecule has 1 heterocycles. The number of imidazole rings is 1. The third-order valence-corrected chi connectivity index (χ3v) is 7.30. The smallest absolute Gasteiger partial charge is 0.276 e. The first-order valence-corrected chi connectivity index (χ1v) is 12.8. The van der Waals surface area contributed by atoms with Gasteiger partial charge < -0.3 is 15.0 Å². The maximum atomic E-state index is 14.6. The molecule has 0 aliphatic heterocycles. The second kappa shape index (κ2) is 9.87. The van der Waals surface area contributed by atoms with Crippen molar-refractivity contribution in [1.29, 1.82) is 0 Å². The molecule has 0 atom stereocenters. The molecule has 8 heteroatoms. The fraction of sp³-hybridized carbons (Fsp3) is 0.267. The molecule has 2 N–H and O–H groups in total. The van der Waals surface area contributed by atoms with Crippen molar-refractivity contribution in [1.82, 2.24) is 9.97 Å². The number of nitrogens with zero attached hydrogens (tertiary/aromatic N) is 1. The number of aromatic amines is 1. The van der Waals surface area contributed by atoms with Crippen molar-refractivity contribution in [3.05, 3.63) is 87.7 Å². The number of carbonyl (C=O) groups excluding carboxylic acids is 1. The number of ether oxygens (including phenoxy) is 1. The number of halogens is 3. The molecule has 5 nitrogen and oxygen atoms in total. The molecule has 0 radical (unpaired) electrons. The molecule has 1 amide bonds. The number of anilines is 1. The molecule has 196 valence electrons. The molecule has 1 aromatic heterocycles. The Balaban J connectivity index is 1.47. The number of hydrogen-bond acceptors (Lipinski definition) is 3. The predicted octanol–water partition coefficient (Wildman–Crippen LogP) is 8.09. The third-order valence-electron chi connectivity index (χ3n) is 6.99. The lowest BCUT2D eigenvalue weighted by molar-refractivity contribution is -0.0285. The Labute approximate surface area is 225 Å². The maximum Gasteiger partial charge on any atom is 0.276 e. The number of hydrogen-bond donors (Lipinski definition) is 2. The van der Waals surface area contributed by atoms with E-state index in [1.807, 2.05) is 38.1 Å². The Morgan fingerprint density at radius 1 is 1.05 bits per heavy atom. The van der Waals surface area contributed by atoms with Crippen LogP contribution >= 0.6 is 11.6 Å².